The molecule has 144 valence electrons. The first kappa shape index (κ1) is 21.7. The number of aliphatic hydroxyl groups is 1. The van der Waals surface area contributed by atoms with Crippen LogP contribution in [-0.2, 0) is 19.1 Å². The minimum Gasteiger partial charge on any atom is -0.461 e. The van der Waals surface area contributed by atoms with Crippen molar-refractivity contribution >= 4 is 11.9 Å². The van der Waals surface area contributed by atoms with Crippen LogP contribution < -0.4 is 0 Å². The summed E-state index contributed by atoms with van der Waals surface area (Å²) in [7, 11) is 0. The smallest absolute Gasteiger partial charge is 0.334 e. The molecule has 0 aromatic carbocycles. The van der Waals surface area contributed by atoms with E-state index in [0.29, 0.717) is 29.7 Å². The van der Waals surface area contributed by atoms with Crippen molar-refractivity contribution in [1.29, 1.82) is 0 Å². The molecule has 1 N–H and O–H groups in total. The van der Waals surface area contributed by atoms with Gasteiger partial charge in [-0.1, -0.05) is 47.6 Å². The highest BCUT2D eigenvalue weighted by molar-refractivity contribution is 5.91. The molecular weight excluding hydrogens is 320 g/mol. The topological polar surface area (TPSA) is 72.8 Å². The van der Waals surface area contributed by atoms with E-state index < -0.39 is 11.6 Å². The van der Waals surface area contributed by atoms with Gasteiger partial charge in [0, 0.05) is 18.4 Å². The summed E-state index contributed by atoms with van der Waals surface area (Å²) in [5.74, 6) is 0.968. The Labute approximate surface area is 151 Å². The first-order chi connectivity index (χ1) is 11.6. The summed E-state index contributed by atoms with van der Waals surface area (Å²) in [5.41, 5.74) is -0.568. The van der Waals surface area contributed by atoms with Gasteiger partial charge in [0.05, 0.1) is 6.61 Å². The lowest BCUT2D eigenvalue weighted by molar-refractivity contribution is -0.166. The zero-order valence-electron chi connectivity index (χ0n) is 16.5. The number of rotatable bonds is 9. The Morgan fingerprint density at radius 1 is 1.24 bits per heavy atom. The molecule has 1 unspecified atom stereocenters. The molecule has 0 saturated carbocycles. The Kier molecular flexibility index (Phi) is 8.13. The van der Waals surface area contributed by atoms with Crippen molar-refractivity contribution in [3.8, 4) is 0 Å². The van der Waals surface area contributed by atoms with Gasteiger partial charge in [-0.05, 0) is 30.1 Å². The zero-order valence-corrected chi connectivity index (χ0v) is 16.5. The number of esters is 2. The van der Waals surface area contributed by atoms with Crippen LogP contribution in [0.5, 0.6) is 0 Å². The third-order valence-electron chi connectivity index (χ3n) is 4.79. The summed E-state index contributed by atoms with van der Waals surface area (Å²) in [6.45, 7) is 12.1. The zero-order chi connectivity index (χ0) is 19.2. The van der Waals surface area contributed by atoms with Gasteiger partial charge in [-0.25, -0.2) is 4.79 Å². The van der Waals surface area contributed by atoms with Gasteiger partial charge >= 0.3 is 11.9 Å². The van der Waals surface area contributed by atoms with Crippen LogP contribution in [0.1, 0.15) is 60.8 Å². The average molecular weight is 354 g/mol. The van der Waals surface area contributed by atoms with Gasteiger partial charge in [-0.3, -0.25) is 4.79 Å². The van der Waals surface area contributed by atoms with Crippen molar-refractivity contribution in [2.75, 3.05) is 13.2 Å². The first-order valence-corrected chi connectivity index (χ1v) is 9.29. The number of ether oxygens (including phenoxy) is 2. The van der Waals surface area contributed by atoms with Crippen LogP contribution in [0.25, 0.3) is 0 Å². The monoisotopic (exact) mass is 354 g/mol. The standard InChI is InChI=1S/C20H34O5/c1-13(2)9-18(22)24-12-20(11-21)10-16(19(23)25-20)7-8-17(14(3)4)15(5)6/h7,13-15,17,21H,8-12H2,1-6H3/b16-7-. The largest absolute Gasteiger partial charge is 0.461 e. The third-order valence-corrected chi connectivity index (χ3v) is 4.79. The molecule has 1 aliphatic heterocycles. The average Bonchev–Trinajstić information content (AvgIpc) is 2.81. The molecule has 0 aromatic heterocycles. The van der Waals surface area contributed by atoms with Crippen molar-refractivity contribution in [3.63, 3.8) is 0 Å². The fraction of sp³-hybridized carbons (Fsp3) is 0.800. The van der Waals surface area contributed by atoms with Crippen LogP contribution in [0.4, 0.5) is 0 Å². The number of hydrogen-bond donors (Lipinski definition) is 1. The van der Waals surface area contributed by atoms with Gasteiger partial charge in [-0.15, -0.1) is 0 Å². The number of carbonyl (C=O) groups excluding carboxylic acids is 2. The van der Waals surface area contributed by atoms with E-state index in [4.69, 9.17) is 9.47 Å². The molecule has 25 heavy (non-hydrogen) atoms. The van der Waals surface area contributed by atoms with Gasteiger partial charge < -0.3 is 14.6 Å². The molecule has 5 heteroatoms. The molecule has 0 spiro atoms. The van der Waals surface area contributed by atoms with E-state index >= 15 is 0 Å². The fourth-order valence-corrected chi connectivity index (χ4v) is 3.28. The van der Waals surface area contributed by atoms with Crippen molar-refractivity contribution in [2.24, 2.45) is 23.7 Å². The summed E-state index contributed by atoms with van der Waals surface area (Å²) < 4.78 is 10.6. The van der Waals surface area contributed by atoms with E-state index in [0.717, 1.165) is 6.42 Å². The van der Waals surface area contributed by atoms with Gasteiger partial charge in [-0.2, -0.15) is 0 Å². The van der Waals surface area contributed by atoms with E-state index in [1.165, 1.54) is 0 Å². The van der Waals surface area contributed by atoms with E-state index in [1.807, 2.05) is 19.9 Å². The molecule has 0 amide bonds. The SMILES string of the molecule is CC(C)CC(=O)OCC1(CO)C/C(=C/CC(C(C)C)C(C)C)C(=O)O1. The maximum Gasteiger partial charge on any atom is 0.334 e. The fourth-order valence-electron chi connectivity index (χ4n) is 3.28. The molecule has 0 bridgehead atoms. The predicted molar refractivity (Wildman–Crippen MR) is 96.8 cm³/mol. The van der Waals surface area contributed by atoms with Crippen LogP contribution in [0, 0.1) is 23.7 Å². The highest BCUT2D eigenvalue weighted by atomic mass is 16.6. The molecule has 5 nitrogen and oxygen atoms in total. The highest BCUT2D eigenvalue weighted by Gasteiger charge is 2.44. The summed E-state index contributed by atoms with van der Waals surface area (Å²) >= 11 is 0. The van der Waals surface area contributed by atoms with E-state index in [2.05, 4.69) is 27.7 Å². The molecule has 0 aliphatic carbocycles. The molecule has 0 radical (unpaired) electrons. The highest BCUT2D eigenvalue weighted by Crippen LogP contribution is 2.33. The number of allylic oxidation sites excluding steroid dienone is 1. The van der Waals surface area contributed by atoms with Crippen LogP contribution in [0.15, 0.2) is 11.6 Å². The Morgan fingerprint density at radius 2 is 1.84 bits per heavy atom. The van der Waals surface area contributed by atoms with E-state index in [9.17, 15) is 14.7 Å². The maximum absolute atomic E-state index is 12.2. The summed E-state index contributed by atoms with van der Waals surface area (Å²) in [5, 5.41) is 9.70. The van der Waals surface area contributed by atoms with Crippen LogP contribution in [0.3, 0.4) is 0 Å². The molecule has 1 saturated heterocycles. The number of aliphatic hydroxyl groups excluding tert-OH is 1. The van der Waals surface area contributed by atoms with Crippen molar-refractivity contribution in [3.05, 3.63) is 11.6 Å². The molecule has 1 atom stereocenters. The molecule has 1 rings (SSSR count). The third kappa shape index (κ3) is 6.46. The van der Waals surface area contributed by atoms with Crippen molar-refractivity contribution in [1.82, 2.24) is 0 Å². The van der Waals surface area contributed by atoms with Crippen LogP contribution in [-0.4, -0.2) is 35.9 Å². The molecular formula is C20H34O5. The number of cyclic esters (lactones) is 1. The van der Waals surface area contributed by atoms with Gasteiger partial charge in [0.15, 0.2) is 5.60 Å². The minimum atomic E-state index is -1.14. The number of hydrogen-bond acceptors (Lipinski definition) is 5. The predicted octanol–water partition coefficient (Wildman–Crippen LogP) is 3.50. The lowest BCUT2D eigenvalue weighted by Gasteiger charge is -2.24. The van der Waals surface area contributed by atoms with E-state index in [-0.39, 0.29) is 31.5 Å². The lowest BCUT2D eigenvalue weighted by atomic mass is 9.82. The van der Waals surface area contributed by atoms with Crippen LogP contribution >= 0.6 is 0 Å². The van der Waals surface area contributed by atoms with Gasteiger partial charge in [0.25, 0.3) is 0 Å². The Balaban J connectivity index is 2.73. The molecule has 0 aromatic rings. The minimum absolute atomic E-state index is 0.101. The quantitative estimate of drug-likeness (QED) is 0.507. The summed E-state index contributed by atoms with van der Waals surface area (Å²) in [6, 6.07) is 0. The second-order valence-electron chi connectivity index (χ2n) is 8.28. The molecule has 1 aliphatic rings. The first-order valence-electron chi connectivity index (χ1n) is 9.29. The number of carbonyl (C=O) groups is 2. The second-order valence-corrected chi connectivity index (χ2v) is 8.28. The van der Waals surface area contributed by atoms with Crippen LogP contribution in [0.2, 0.25) is 0 Å². The Bertz CT molecular complexity index is 484. The van der Waals surface area contributed by atoms with Crippen molar-refractivity contribution in [2.45, 2.75) is 66.4 Å². The summed E-state index contributed by atoms with van der Waals surface area (Å²) in [4.78, 5) is 23.9. The lowest BCUT2D eigenvalue weighted by Crippen LogP contribution is -2.39. The molecule has 1 fully saturated rings. The van der Waals surface area contributed by atoms with Gasteiger partial charge in [0.1, 0.15) is 6.61 Å². The normalized spacial score (nSPS) is 22.5. The Morgan fingerprint density at radius 3 is 2.32 bits per heavy atom. The van der Waals surface area contributed by atoms with E-state index in [1.54, 1.807) is 0 Å². The second kappa shape index (κ2) is 9.37. The van der Waals surface area contributed by atoms with Crippen molar-refractivity contribution < 1.29 is 24.2 Å². The maximum atomic E-state index is 12.2. The van der Waals surface area contributed by atoms with Gasteiger partial charge in [0.2, 0.25) is 0 Å². The Hall–Kier alpha value is -1.36. The molecule has 1 heterocycles. The summed E-state index contributed by atoms with van der Waals surface area (Å²) in [6.07, 6.45) is 3.32.